The standard InChI is InChI=1S/C22H26N2O5/c1-4-12-28-16-8-5-7-15(14-16)20(25)18-19(17-9-6-13-29-17)24(11-10-23(2)3)22(27)21(18)26/h5-9,13-14,19,25H,4,10-12H2,1-3H3/b20-18+. The summed E-state index contributed by atoms with van der Waals surface area (Å²) in [5.41, 5.74) is 0.442. The average Bonchev–Trinajstić information content (AvgIpc) is 3.32. The Bertz CT molecular complexity index is 902. The fourth-order valence-electron chi connectivity index (χ4n) is 3.27. The van der Waals surface area contributed by atoms with Crippen LogP contribution < -0.4 is 4.74 Å². The number of hydrogen-bond acceptors (Lipinski definition) is 6. The predicted octanol–water partition coefficient (Wildman–Crippen LogP) is 3.05. The minimum atomic E-state index is -0.773. The van der Waals surface area contributed by atoms with Gasteiger partial charge in [0.25, 0.3) is 11.7 Å². The molecular weight excluding hydrogens is 372 g/mol. The maximum atomic E-state index is 12.8. The number of Topliss-reactive ketones (excluding diaryl/α,β-unsaturated/α-hetero) is 1. The second-order valence-electron chi connectivity index (χ2n) is 7.19. The number of ether oxygens (including phenoxy) is 1. The second kappa shape index (κ2) is 8.96. The number of carbonyl (C=O) groups excluding carboxylic acids is 2. The number of aliphatic hydroxyl groups is 1. The zero-order chi connectivity index (χ0) is 21.0. The van der Waals surface area contributed by atoms with Crippen LogP contribution in [0.15, 0.2) is 52.7 Å². The van der Waals surface area contributed by atoms with Crippen molar-refractivity contribution in [2.24, 2.45) is 0 Å². The highest BCUT2D eigenvalue weighted by Crippen LogP contribution is 2.39. The molecular formula is C22H26N2O5. The smallest absolute Gasteiger partial charge is 0.295 e. The van der Waals surface area contributed by atoms with Crippen molar-refractivity contribution < 1.29 is 23.8 Å². The van der Waals surface area contributed by atoms with Crippen LogP contribution in [0.25, 0.3) is 5.76 Å². The number of rotatable bonds is 8. The molecule has 7 nitrogen and oxygen atoms in total. The molecule has 1 aromatic heterocycles. The Kier molecular flexibility index (Phi) is 6.39. The van der Waals surface area contributed by atoms with Crippen LogP contribution in [0.4, 0.5) is 0 Å². The Morgan fingerprint density at radius 3 is 2.69 bits per heavy atom. The van der Waals surface area contributed by atoms with Crippen molar-refractivity contribution in [1.29, 1.82) is 0 Å². The first kappa shape index (κ1) is 20.7. The Balaban J connectivity index is 2.04. The van der Waals surface area contributed by atoms with Crippen LogP contribution in [0.1, 0.15) is 30.7 Å². The van der Waals surface area contributed by atoms with Gasteiger partial charge in [-0.15, -0.1) is 0 Å². The molecule has 3 rings (SSSR count). The number of hydrogen-bond donors (Lipinski definition) is 1. The van der Waals surface area contributed by atoms with Gasteiger partial charge in [0.05, 0.1) is 18.4 Å². The topological polar surface area (TPSA) is 83.2 Å². The van der Waals surface area contributed by atoms with Crippen LogP contribution in [-0.2, 0) is 9.59 Å². The molecule has 0 spiro atoms. The van der Waals surface area contributed by atoms with Crippen LogP contribution in [0, 0.1) is 0 Å². The summed E-state index contributed by atoms with van der Waals surface area (Å²) in [7, 11) is 3.78. The van der Waals surface area contributed by atoms with Gasteiger partial charge in [0.2, 0.25) is 0 Å². The van der Waals surface area contributed by atoms with E-state index >= 15 is 0 Å². The van der Waals surface area contributed by atoms with E-state index < -0.39 is 17.7 Å². The lowest BCUT2D eigenvalue weighted by Gasteiger charge is -2.24. The molecule has 1 aromatic carbocycles. The molecule has 2 heterocycles. The summed E-state index contributed by atoms with van der Waals surface area (Å²) in [5.74, 6) is -0.579. The van der Waals surface area contributed by atoms with E-state index in [2.05, 4.69) is 0 Å². The van der Waals surface area contributed by atoms with Crippen molar-refractivity contribution in [3.05, 3.63) is 59.6 Å². The van der Waals surface area contributed by atoms with E-state index in [1.54, 1.807) is 36.4 Å². The number of carbonyl (C=O) groups is 2. The van der Waals surface area contributed by atoms with Crippen molar-refractivity contribution >= 4 is 17.4 Å². The minimum Gasteiger partial charge on any atom is -0.507 e. The van der Waals surface area contributed by atoms with Gasteiger partial charge in [-0.05, 0) is 44.8 Å². The highest BCUT2D eigenvalue weighted by atomic mass is 16.5. The lowest BCUT2D eigenvalue weighted by molar-refractivity contribution is -0.140. The number of aliphatic hydroxyl groups excluding tert-OH is 1. The number of benzene rings is 1. The molecule has 1 fully saturated rings. The maximum absolute atomic E-state index is 12.8. The lowest BCUT2D eigenvalue weighted by atomic mass is 9.99. The van der Waals surface area contributed by atoms with Gasteiger partial charge in [-0.3, -0.25) is 9.59 Å². The van der Waals surface area contributed by atoms with Gasteiger partial charge in [-0.25, -0.2) is 0 Å². The number of furan rings is 1. The van der Waals surface area contributed by atoms with Crippen molar-refractivity contribution in [2.75, 3.05) is 33.8 Å². The molecule has 1 N–H and O–H groups in total. The van der Waals surface area contributed by atoms with E-state index in [1.165, 1.54) is 11.2 Å². The highest BCUT2D eigenvalue weighted by molar-refractivity contribution is 6.46. The van der Waals surface area contributed by atoms with Gasteiger partial charge in [0.15, 0.2) is 0 Å². The first-order valence-corrected chi connectivity index (χ1v) is 9.63. The van der Waals surface area contributed by atoms with Crippen LogP contribution >= 0.6 is 0 Å². The summed E-state index contributed by atoms with van der Waals surface area (Å²) < 4.78 is 11.1. The van der Waals surface area contributed by atoms with E-state index in [4.69, 9.17) is 9.15 Å². The van der Waals surface area contributed by atoms with Crippen LogP contribution in [0.5, 0.6) is 5.75 Å². The third kappa shape index (κ3) is 4.35. The summed E-state index contributed by atoms with van der Waals surface area (Å²) in [5, 5.41) is 11.0. The molecule has 7 heteroatoms. The van der Waals surface area contributed by atoms with Crippen molar-refractivity contribution in [1.82, 2.24) is 9.80 Å². The summed E-state index contributed by atoms with van der Waals surface area (Å²) in [6.07, 6.45) is 2.34. The number of likely N-dealkylation sites (tertiary alicyclic amines) is 1. The molecule has 1 aliphatic rings. The third-order valence-electron chi connectivity index (χ3n) is 4.72. The Hall–Kier alpha value is -3.06. The molecule has 2 aromatic rings. The molecule has 0 saturated carbocycles. The van der Waals surface area contributed by atoms with Crippen molar-refractivity contribution in [3.63, 3.8) is 0 Å². The first-order valence-electron chi connectivity index (χ1n) is 9.63. The van der Waals surface area contributed by atoms with E-state index in [0.29, 0.717) is 36.8 Å². The molecule has 154 valence electrons. The van der Waals surface area contributed by atoms with E-state index in [1.807, 2.05) is 25.9 Å². The second-order valence-corrected chi connectivity index (χ2v) is 7.19. The molecule has 1 atom stereocenters. The van der Waals surface area contributed by atoms with E-state index in [-0.39, 0.29) is 11.3 Å². The average molecular weight is 398 g/mol. The normalized spacial score (nSPS) is 18.6. The summed E-state index contributed by atoms with van der Waals surface area (Å²) in [6.45, 7) is 3.46. The Morgan fingerprint density at radius 2 is 2.03 bits per heavy atom. The van der Waals surface area contributed by atoms with Crippen molar-refractivity contribution in [2.45, 2.75) is 19.4 Å². The molecule has 29 heavy (non-hydrogen) atoms. The molecule has 1 aliphatic heterocycles. The largest absolute Gasteiger partial charge is 0.507 e. The fraction of sp³-hybridized carbons (Fsp3) is 0.364. The SMILES string of the molecule is CCCOc1cccc(/C(O)=C2\C(=O)C(=O)N(CCN(C)C)C2c2ccco2)c1. The summed E-state index contributed by atoms with van der Waals surface area (Å²) in [6, 6.07) is 9.49. The molecule has 1 saturated heterocycles. The molecule has 1 unspecified atom stereocenters. The predicted molar refractivity (Wildman–Crippen MR) is 108 cm³/mol. The van der Waals surface area contributed by atoms with Crippen LogP contribution in [0.3, 0.4) is 0 Å². The number of ketones is 1. The molecule has 0 bridgehead atoms. The Labute approximate surface area is 170 Å². The van der Waals surface area contributed by atoms with Gasteiger partial charge in [0, 0.05) is 18.7 Å². The minimum absolute atomic E-state index is 0.0244. The van der Waals surface area contributed by atoms with Crippen LogP contribution in [0.2, 0.25) is 0 Å². The third-order valence-corrected chi connectivity index (χ3v) is 4.72. The number of likely N-dealkylation sites (N-methyl/N-ethyl adjacent to an activating group) is 1. The molecule has 0 aliphatic carbocycles. The maximum Gasteiger partial charge on any atom is 0.295 e. The van der Waals surface area contributed by atoms with Gasteiger partial charge in [-0.1, -0.05) is 19.1 Å². The number of nitrogens with zero attached hydrogens (tertiary/aromatic N) is 2. The molecule has 0 radical (unpaired) electrons. The first-order chi connectivity index (χ1) is 13.9. The van der Waals surface area contributed by atoms with Gasteiger partial charge in [-0.2, -0.15) is 0 Å². The Morgan fingerprint density at radius 1 is 1.24 bits per heavy atom. The quantitative estimate of drug-likeness (QED) is 0.418. The van der Waals surface area contributed by atoms with Crippen molar-refractivity contribution in [3.8, 4) is 5.75 Å². The van der Waals surface area contributed by atoms with Gasteiger partial charge in [0.1, 0.15) is 23.3 Å². The zero-order valence-corrected chi connectivity index (χ0v) is 16.9. The highest BCUT2D eigenvalue weighted by Gasteiger charge is 2.47. The van der Waals surface area contributed by atoms with Gasteiger partial charge >= 0.3 is 0 Å². The lowest BCUT2D eigenvalue weighted by Crippen LogP contribution is -2.35. The fourth-order valence-corrected chi connectivity index (χ4v) is 3.27. The van der Waals surface area contributed by atoms with Crippen LogP contribution in [-0.4, -0.2) is 60.4 Å². The number of amides is 1. The summed E-state index contributed by atoms with van der Waals surface area (Å²) in [4.78, 5) is 28.9. The zero-order valence-electron chi connectivity index (χ0n) is 16.9. The summed E-state index contributed by atoms with van der Waals surface area (Å²) >= 11 is 0. The van der Waals surface area contributed by atoms with E-state index in [0.717, 1.165) is 6.42 Å². The van der Waals surface area contributed by atoms with E-state index in [9.17, 15) is 14.7 Å². The van der Waals surface area contributed by atoms with Gasteiger partial charge < -0.3 is 24.1 Å². The monoisotopic (exact) mass is 398 g/mol. The molecule has 1 amide bonds.